The van der Waals surface area contributed by atoms with Gasteiger partial charge in [-0.3, -0.25) is 0 Å². The van der Waals surface area contributed by atoms with E-state index in [1.54, 1.807) is 0 Å². The quantitative estimate of drug-likeness (QED) is 0.367. The maximum Gasteiger partial charge on any atom is 0.0278 e. The molecule has 0 aromatic heterocycles. The lowest BCUT2D eigenvalue weighted by atomic mass is 10.2. The van der Waals surface area contributed by atoms with Crippen molar-refractivity contribution in [1.29, 1.82) is 0 Å². The number of nitrogens with one attached hydrogen (secondary N) is 1. The topological polar surface area (TPSA) is 64.1 Å². The van der Waals surface area contributed by atoms with E-state index in [0.717, 1.165) is 24.5 Å². The number of thiol groups is 2. The lowest BCUT2D eigenvalue weighted by molar-refractivity contribution is 0.506. The van der Waals surface area contributed by atoms with E-state index in [0.29, 0.717) is 6.54 Å². The summed E-state index contributed by atoms with van der Waals surface area (Å²) in [5, 5.41) is 3.24. The molecule has 74 valence electrons. The molecule has 0 amide bonds. The van der Waals surface area contributed by atoms with E-state index in [1.165, 1.54) is 0 Å². The molecular formula is C7H19N3S2. The summed E-state index contributed by atoms with van der Waals surface area (Å²) < 4.78 is 0. The molecule has 0 bridgehead atoms. The lowest BCUT2D eigenvalue weighted by Crippen LogP contribution is -2.44. The van der Waals surface area contributed by atoms with Gasteiger partial charge in [0.15, 0.2) is 0 Å². The van der Waals surface area contributed by atoms with Gasteiger partial charge in [-0.1, -0.05) is 0 Å². The number of rotatable bonds is 7. The predicted octanol–water partition coefficient (Wildman–Crippen LogP) is -0.520. The molecule has 0 aliphatic heterocycles. The normalized spacial score (nSPS) is 16.0. The van der Waals surface area contributed by atoms with Crippen molar-refractivity contribution in [2.75, 3.05) is 24.6 Å². The Bertz CT molecular complexity index is 98.7. The van der Waals surface area contributed by atoms with Crippen molar-refractivity contribution >= 4 is 25.3 Å². The largest absolute Gasteiger partial charge is 0.329 e. The van der Waals surface area contributed by atoms with Crippen molar-refractivity contribution in [3.63, 3.8) is 0 Å². The highest BCUT2D eigenvalue weighted by Crippen LogP contribution is 1.91. The fraction of sp³-hybridized carbons (Fsp3) is 1.00. The Kier molecular flexibility index (Phi) is 8.59. The first-order valence-electron chi connectivity index (χ1n) is 4.15. The minimum absolute atomic E-state index is 0.177. The molecular weight excluding hydrogens is 190 g/mol. The third kappa shape index (κ3) is 6.14. The highest BCUT2D eigenvalue weighted by molar-refractivity contribution is 7.80. The van der Waals surface area contributed by atoms with E-state index in [9.17, 15) is 0 Å². The van der Waals surface area contributed by atoms with Gasteiger partial charge >= 0.3 is 0 Å². The molecule has 0 unspecified atom stereocenters. The summed E-state index contributed by atoms with van der Waals surface area (Å²) in [6.45, 7) is 1.40. The van der Waals surface area contributed by atoms with Gasteiger partial charge in [0.2, 0.25) is 0 Å². The summed E-state index contributed by atoms with van der Waals surface area (Å²) in [6, 6.07) is 0.454. The lowest BCUT2D eigenvalue weighted by Gasteiger charge is -2.17. The molecule has 2 atom stereocenters. The van der Waals surface area contributed by atoms with Crippen molar-refractivity contribution in [1.82, 2.24) is 5.32 Å². The van der Waals surface area contributed by atoms with Crippen molar-refractivity contribution in [2.45, 2.75) is 18.5 Å². The monoisotopic (exact) mass is 209 g/mol. The molecule has 0 aromatic carbocycles. The molecule has 3 nitrogen and oxygen atoms in total. The maximum atomic E-state index is 5.76. The summed E-state index contributed by atoms with van der Waals surface area (Å²) in [5.74, 6) is 1.58. The summed E-state index contributed by atoms with van der Waals surface area (Å²) in [6.07, 6.45) is 0.931. The second-order valence-electron chi connectivity index (χ2n) is 2.80. The van der Waals surface area contributed by atoms with Gasteiger partial charge in [-0.05, 0) is 12.2 Å². The summed E-state index contributed by atoms with van der Waals surface area (Å²) >= 11 is 8.25. The average molecular weight is 209 g/mol. The van der Waals surface area contributed by atoms with E-state index in [-0.39, 0.29) is 12.1 Å². The van der Waals surface area contributed by atoms with Crippen molar-refractivity contribution in [3.05, 3.63) is 0 Å². The fourth-order valence-electron chi connectivity index (χ4n) is 0.808. The van der Waals surface area contributed by atoms with Gasteiger partial charge in [-0.2, -0.15) is 25.3 Å². The highest BCUT2D eigenvalue weighted by atomic mass is 32.1. The van der Waals surface area contributed by atoms with Crippen molar-refractivity contribution in [2.24, 2.45) is 11.5 Å². The van der Waals surface area contributed by atoms with Gasteiger partial charge in [0.25, 0.3) is 0 Å². The summed E-state index contributed by atoms with van der Waals surface area (Å²) in [4.78, 5) is 0. The van der Waals surface area contributed by atoms with Crippen LogP contribution in [0.2, 0.25) is 0 Å². The molecule has 5 N–H and O–H groups in total. The Morgan fingerprint density at radius 2 is 2.00 bits per heavy atom. The molecule has 0 heterocycles. The zero-order valence-electron chi connectivity index (χ0n) is 7.24. The third-order valence-corrected chi connectivity index (χ3v) is 2.37. The minimum atomic E-state index is 0.177. The van der Waals surface area contributed by atoms with E-state index < -0.39 is 0 Å². The average Bonchev–Trinajstić information content (AvgIpc) is 2.07. The molecule has 12 heavy (non-hydrogen) atoms. The Morgan fingerprint density at radius 1 is 1.33 bits per heavy atom. The van der Waals surface area contributed by atoms with Crippen LogP contribution in [0.5, 0.6) is 0 Å². The molecule has 0 fully saturated rings. The third-order valence-electron chi connectivity index (χ3n) is 1.67. The van der Waals surface area contributed by atoms with Gasteiger partial charge in [-0.25, -0.2) is 0 Å². The van der Waals surface area contributed by atoms with Crippen LogP contribution < -0.4 is 16.8 Å². The predicted molar refractivity (Wildman–Crippen MR) is 61.1 cm³/mol. The van der Waals surface area contributed by atoms with Gasteiger partial charge < -0.3 is 16.8 Å². The van der Waals surface area contributed by atoms with E-state index in [2.05, 4.69) is 30.6 Å². The first-order chi connectivity index (χ1) is 5.74. The molecule has 0 aromatic rings. The highest BCUT2D eigenvalue weighted by Gasteiger charge is 2.05. The second-order valence-corrected chi connectivity index (χ2v) is 3.61. The molecule has 0 saturated carbocycles. The number of nitrogens with two attached hydrogens (primary N) is 2. The Hall–Kier alpha value is 0.580. The van der Waals surface area contributed by atoms with Crippen molar-refractivity contribution in [3.8, 4) is 0 Å². The summed E-state index contributed by atoms with van der Waals surface area (Å²) in [7, 11) is 0. The van der Waals surface area contributed by atoms with Crippen LogP contribution in [0.15, 0.2) is 0 Å². The van der Waals surface area contributed by atoms with Gasteiger partial charge in [0.05, 0.1) is 0 Å². The van der Waals surface area contributed by atoms with Crippen molar-refractivity contribution < 1.29 is 0 Å². The molecule has 0 aliphatic rings. The van der Waals surface area contributed by atoms with Gasteiger partial charge in [0, 0.05) is 30.9 Å². The van der Waals surface area contributed by atoms with E-state index in [4.69, 9.17) is 11.5 Å². The number of hydrogen-bond acceptors (Lipinski definition) is 5. The number of hydrogen-bond donors (Lipinski definition) is 5. The molecule has 0 aliphatic carbocycles. The molecule has 0 radical (unpaired) electrons. The Labute approximate surface area is 85.5 Å². The van der Waals surface area contributed by atoms with Crippen LogP contribution in [0.1, 0.15) is 6.42 Å². The maximum absolute atomic E-state index is 5.76. The van der Waals surface area contributed by atoms with Crippen LogP contribution in [-0.4, -0.2) is 36.7 Å². The van der Waals surface area contributed by atoms with E-state index >= 15 is 0 Å². The smallest absolute Gasteiger partial charge is 0.0278 e. The molecule has 0 rings (SSSR count). The molecule has 5 heteroatoms. The molecule has 0 spiro atoms. The van der Waals surface area contributed by atoms with Crippen LogP contribution in [0.25, 0.3) is 0 Å². The van der Waals surface area contributed by atoms with Crippen LogP contribution in [-0.2, 0) is 0 Å². The van der Waals surface area contributed by atoms with Crippen LogP contribution >= 0.6 is 25.3 Å². The minimum Gasteiger partial charge on any atom is -0.329 e. The summed E-state index contributed by atoms with van der Waals surface area (Å²) in [5.41, 5.74) is 11.2. The second kappa shape index (κ2) is 8.19. The Balaban J connectivity index is 3.37. The standard InChI is InChI=1S/C7H19N3S2/c8-3-7(5-12)10-4-6(9)1-2-11/h6-7,10-12H,1-5,8-9H2/t6-,7-/m0/s1. The van der Waals surface area contributed by atoms with Crippen LogP contribution in [0.4, 0.5) is 0 Å². The molecule has 0 saturated heterocycles. The van der Waals surface area contributed by atoms with Crippen LogP contribution in [0, 0.1) is 0 Å². The van der Waals surface area contributed by atoms with Crippen LogP contribution in [0.3, 0.4) is 0 Å². The zero-order chi connectivity index (χ0) is 9.40. The Morgan fingerprint density at radius 3 is 2.42 bits per heavy atom. The van der Waals surface area contributed by atoms with Gasteiger partial charge in [0.1, 0.15) is 0 Å². The first kappa shape index (κ1) is 12.6. The first-order valence-corrected chi connectivity index (χ1v) is 5.41. The zero-order valence-corrected chi connectivity index (χ0v) is 9.03. The fourth-order valence-corrected chi connectivity index (χ4v) is 1.42. The SMILES string of the molecule is NC[C@@H](CS)NC[C@@H](N)CCS. The van der Waals surface area contributed by atoms with Gasteiger partial charge in [-0.15, -0.1) is 0 Å². The van der Waals surface area contributed by atoms with E-state index in [1.807, 2.05) is 0 Å².